The summed E-state index contributed by atoms with van der Waals surface area (Å²) in [4.78, 5) is 8.07. The van der Waals surface area contributed by atoms with Gasteiger partial charge in [0.05, 0.1) is 6.54 Å². The number of benzene rings is 1. The van der Waals surface area contributed by atoms with Gasteiger partial charge in [-0.05, 0) is 6.07 Å². The number of halogens is 3. The number of nitrogens with zero attached hydrogens (tertiary/aromatic N) is 3. The van der Waals surface area contributed by atoms with Gasteiger partial charge in [-0.1, -0.05) is 18.2 Å². The molecular formula is C14H20F3N3O. The van der Waals surface area contributed by atoms with E-state index in [-0.39, 0.29) is 12.3 Å². The van der Waals surface area contributed by atoms with Gasteiger partial charge in [0.15, 0.2) is 12.6 Å². The molecule has 0 saturated heterocycles. The summed E-state index contributed by atoms with van der Waals surface area (Å²) in [5.41, 5.74) is 0.614. The summed E-state index contributed by atoms with van der Waals surface area (Å²) in [6.45, 7) is -1.05. The number of rotatable bonds is 4. The van der Waals surface area contributed by atoms with Crippen LogP contribution in [0.25, 0.3) is 0 Å². The molecule has 0 aliphatic carbocycles. The molecule has 0 atom stereocenters. The molecular weight excluding hydrogens is 283 g/mol. The predicted molar refractivity (Wildman–Crippen MR) is 76.5 cm³/mol. The standard InChI is InChI=1S/C14H20F3N3O/c1-19(2)13(20(3)4)18-9-11-7-5-6-8-12(11)21-10-14(15,16)17/h5-8H,9-10H2,1-4H3. The highest BCUT2D eigenvalue weighted by Crippen LogP contribution is 2.22. The third-order valence-electron chi connectivity index (χ3n) is 2.55. The SMILES string of the molecule is CN(C)C(=NCc1ccccc1OCC(F)(F)F)N(C)C. The Morgan fingerprint density at radius 3 is 2.19 bits per heavy atom. The van der Waals surface area contributed by atoms with Crippen molar-refractivity contribution in [3.05, 3.63) is 29.8 Å². The van der Waals surface area contributed by atoms with Crippen LogP contribution in [0.4, 0.5) is 13.2 Å². The third kappa shape index (κ3) is 5.93. The molecule has 7 heteroatoms. The van der Waals surface area contributed by atoms with Crippen molar-refractivity contribution in [1.82, 2.24) is 9.80 Å². The normalized spacial score (nSPS) is 11.0. The topological polar surface area (TPSA) is 28.1 Å². The molecule has 0 radical (unpaired) electrons. The van der Waals surface area contributed by atoms with Crippen LogP contribution in [0.1, 0.15) is 5.56 Å². The molecule has 0 fully saturated rings. The van der Waals surface area contributed by atoms with Gasteiger partial charge in [0.2, 0.25) is 0 Å². The van der Waals surface area contributed by atoms with Gasteiger partial charge in [0.1, 0.15) is 5.75 Å². The average Bonchev–Trinajstić information content (AvgIpc) is 2.36. The summed E-state index contributed by atoms with van der Waals surface area (Å²) < 4.78 is 41.5. The zero-order valence-corrected chi connectivity index (χ0v) is 12.6. The van der Waals surface area contributed by atoms with E-state index in [1.165, 1.54) is 6.07 Å². The molecule has 118 valence electrons. The van der Waals surface area contributed by atoms with Gasteiger partial charge in [-0.2, -0.15) is 13.2 Å². The minimum atomic E-state index is -4.35. The van der Waals surface area contributed by atoms with Crippen molar-refractivity contribution < 1.29 is 17.9 Å². The molecule has 0 bridgehead atoms. The lowest BCUT2D eigenvalue weighted by molar-refractivity contribution is -0.153. The Balaban J connectivity index is 2.86. The van der Waals surface area contributed by atoms with Crippen LogP contribution in [-0.2, 0) is 6.54 Å². The summed E-state index contributed by atoms with van der Waals surface area (Å²) in [5.74, 6) is 0.927. The lowest BCUT2D eigenvalue weighted by Gasteiger charge is -2.22. The Morgan fingerprint density at radius 1 is 1.10 bits per heavy atom. The van der Waals surface area contributed by atoms with E-state index in [1.54, 1.807) is 18.2 Å². The first-order valence-corrected chi connectivity index (χ1v) is 6.37. The highest BCUT2D eigenvalue weighted by molar-refractivity contribution is 5.79. The van der Waals surface area contributed by atoms with Crippen molar-refractivity contribution in [2.24, 2.45) is 4.99 Å². The van der Waals surface area contributed by atoms with Crippen molar-refractivity contribution >= 4 is 5.96 Å². The Hall–Kier alpha value is -1.92. The number of para-hydroxylation sites is 1. The monoisotopic (exact) mass is 303 g/mol. The van der Waals surface area contributed by atoms with Crippen LogP contribution in [0.2, 0.25) is 0 Å². The lowest BCUT2D eigenvalue weighted by atomic mass is 10.2. The number of guanidine groups is 1. The summed E-state index contributed by atoms with van der Waals surface area (Å²) >= 11 is 0. The number of hydrogen-bond acceptors (Lipinski definition) is 2. The minimum Gasteiger partial charge on any atom is -0.484 e. The molecule has 0 heterocycles. The highest BCUT2D eigenvalue weighted by atomic mass is 19.4. The number of ether oxygens (including phenoxy) is 1. The van der Waals surface area contributed by atoms with E-state index >= 15 is 0 Å². The zero-order valence-electron chi connectivity index (χ0n) is 12.6. The van der Waals surface area contributed by atoms with Gasteiger partial charge >= 0.3 is 6.18 Å². The fourth-order valence-corrected chi connectivity index (χ4v) is 1.77. The molecule has 1 rings (SSSR count). The second-order valence-corrected chi connectivity index (χ2v) is 4.92. The summed E-state index contributed by atoms with van der Waals surface area (Å²) in [7, 11) is 7.41. The first-order valence-electron chi connectivity index (χ1n) is 6.37. The third-order valence-corrected chi connectivity index (χ3v) is 2.55. The van der Waals surface area contributed by atoms with Crippen LogP contribution in [0.15, 0.2) is 29.3 Å². The van der Waals surface area contributed by atoms with Gasteiger partial charge in [-0.3, -0.25) is 0 Å². The Bertz CT molecular complexity index is 475. The molecule has 0 aliphatic heterocycles. The maximum atomic E-state index is 12.2. The van der Waals surface area contributed by atoms with Crippen LogP contribution in [0.3, 0.4) is 0 Å². The fourth-order valence-electron chi connectivity index (χ4n) is 1.77. The van der Waals surface area contributed by atoms with E-state index in [9.17, 15) is 13.2 Å². The molecule has 0 aromatic heterocycles. The molecule has 0 unspecified atom stereocenters. The lowest BCUT2D eigenvalue weighted by Crippen LogP contribution is -2.35. The first-order chi connectivity index (χ1) is 9.70. The van der Waals surface area contributed by atoms with E-state index in [4.69, 9.17) is 4.74 Å². The zero-order chi connectivity index (χ0) is 16.0. The highest BCUT2D eigenvalue weighted by Gasteiger charge is 2.28. The average molecular weight is 303 g/mol. The van der Waals surface area contributed by atoms with Gasteiger partial charge in [-0.15, -0.1) is 0 Å². The molecule has 0 spiro atoms. The van der Waals surface area contributed by atoms with E-state index in [1.807, 2.05) is 38.0 Å². The van der Waals surface area contributed by atoms with Crippen molar-refractivity contribution in [2.45, 2.75) is 12.7 Å². The smallest absolute Gasteiger partial charge is 0.422 e. The Labute approximate surface area is 122 Å². The van der Waals surface area contributed by atoms with Gasteiger partial charge in [0, 0.05) is 33.8 Å². The quantitative estimate of drug-likeness (QED) is 0.632. The summed E-state index contributed by atoms with van der Waals surface area (Å²) in [6.07, 6.45) is -4.35. The van der Waals surface area contributed by atoms with Gasteiger partial charge < -0.3 is 14.5 Å². The van der Waals surface area contributed by atoms with E-state index in [0.29, 0.717) is 5.56 Å². The fraction of sp³-hybridized carbons (Fsp3) is 0.500. The van der Waals surface area contributed by atoms with Crippen molar-refractivity contribution in [3.8, 4) is 5.75 Å². The van der Waals surface area contributed by atoms with Crippen LogP contribution >= 0.6 is 0 Å². The molecule has 0 N–H and O–H groups in total. The van der Waals surface area contributed by atoms with Crippen LogP contribution in [0, 0.1) is 0 Å². The Morgan fingerprint density at radius 2 is 1.67 bits per heavy atom. The van der Waals surface area contributed by atoms with Gasteiger partial charge in [0.25, 0.3) is 0 Å². The van der Waals surface area contributed by atoms with Crippen molar-refractivity contribution in [3.63, 3.8) is 0 Å². The molecule has 0 aliphatic rings. The number of hydrogen-bond donors (Lipinski definition) is 0. The maximum absolute atomic E-state index is 12.2. The number of alkyl halides is 3. The van der Waals surface area contributed by atoms with E-state index in [2.05, 4.69) is 4.99 Å². The molecule has 4 nitrogen and oxygen atoms in total. The molecule has 1 aromatic carbocycles. The maximum Gasteiger partial charge on any atom is 0.422 e. The van der Waals surface area contributed by atoms with E-state index in [0.717, 1.165) is 5.96 Å². The van der Waals surface area contributed by atoms with Crippen molar-refractivity contribution in [1.29, 1.82) is 0 Å². The molecule has 1 aromatic rings. The van der Waals surface area contributed by atoms with Crippen LogP contribution < -0.4 is 4.74 Å². The predicted octanol–water partition coefficient (Wildman–Crippen LogP) is 2.61. The minimum absolute atomic E-state index is 0.204. The first kappa shape index (κ1) is 17.1. The largest absolute Gasteiger partial charge is 0.484 e. The molecule has 0 saturated carbocycles. The van der Waals surface area contributed by atoms with Crippen LogP contribution in [0.5, 0.6) is 5.75 Å². The Kier molecular flexibility index (Phi) is 5.87. The molecule has 21 heavy (non-hydrogen) atoms. The summed E-state index contributed by atoms with van der Waals surface area (Å²) in [6, 6.07) is 6.60. The van der Waals surface area contributed by atoms with Crippen molar-refractivity contribution in [2.75, 3.05) is 34.8 Å². The van der Waals surface area contributed by atoms with Gasteiger partial charge in [-0.25, -0.2) is 4.99 Å². The van der Waals surface area contributed by atoms with Crippen LogP contribution in [-0.4, -0.2) is 56.7 Å². The van der Waals surface area contributed by atoms with E-state index < -0.39 is 12.8 Å². The second-order valence-electron chi connectivity index (χ2n) is 4.92. The molecule has 0 amide bonds. The second kappa shape index (κ2) is 7.19. The number of aliphatic imine (C=N–C) groups is 1. The summed E-state index contributed by atoms with van der Waals surface area (Å²) in [5, 5.41) is 0.